The summed E-state index contributed by atoms with van der Waals surface area (Å²) in [7, 11) is 2.01. The lowest BCUT2D eigenvalue weighted by Crippen LogP contribution is -2.36. The molecule has 3 N–H and O–H groups in total. The van der Waals surface area contributed by atoms with Gasteiger partial charge in [-0.05, 0) is 38.1 Å². The van der Waals surface area contributed by atoms with Crippen LogP contribution >= 0.6 is 11.6 Å². The average Bonchev–Trinajstić information content (AvgIpc) is 2.30. The molecule has 0 spiro atoms. The molecule has 1 aromatic carbocycles. The Morgan fingerprint density at radius 3 is 2.82 bits per heavy atom. The molecule has 17 heavy (non-hydrogen) atoms. The van der Waals surface area contributed by atoms with E-state index in [4.69, 9.17) is 22.2 Å². The third-order valence-electron chi connectivity index (χ3n) is 2.44. The molecule has 0 heterocycles. The van der Waals surface area contributed by atoms with E-state index in [2.05, 4.69) is 10.3 Å². The van der Waals surface area contributed by atoms with Crippen molar-refractivity contribution in [2.75, 3.05) is 26.9 Å². The predicted molar refractivity (Wildman–Crippen MR) is 71.1 cm³/mol. The van der Waals surface area contributed by atoms with Crippen molar-refractivity contribution in [1.82, 2.24) is 10.3 Å². The second-order valence-corrected chi connectivity index (χ2v) is 4.30. The highest BCUT2D eigenvalue weighted by Gasteiger charge is 2.03. The quantitative estimate of drug-likeness (QED) is 0.443. The van der Waals surface area contributed by atoms with Crippen molar-refractivity contribution in [3.63, 3.8) is 0 Å². The summed E-state index contributed by atoms with van der Waals surface area (Å²) in [5, 5.41) is 0.670. The van der Waals surface area contributed by atoms with Gasteiger partial charge in [-0.1, -0.05) is 17.7 Å². The highest BCUT2D eigenvalue weighted by molar-refractivity contribution is 6.32. The number of benzene rings is 1. The number of hydrazine groups is 1. The van der Waals surface area contributed by atoms with Gasteiger partial charge in [-0.2, -0.15) is 0 Å². The minimum atomic E-state index is 0.629. The number of rotatable bonds is 7. The van der Waals surface area contributed by atoms with E-state index in [1.807, 2.05) is 32.2 Å². The lowest BCUT2D eigenvalue weighted by molar-refractivity contribution is 0.312. The Balaban J connectivity index is 2.52. The van der Waals surface area contributed by atoms with Gasteiger partial charge in [0.1, 0.15) is 5.75 Å². The van der Waals surface area contributed by atoms with Crippen molar-refractivity contribution in [2.45, 2.75) is 13.3 Å². The monoisotopic (exact) mass is 257 g/mol. The number of likely N-dealkylation sites (N-methyl/N-ethyl adjacent to an activating group) is 1. The maximum Gasteiger partial charge on any atom is 0.137 e. The summed E-state index contributed by atoms with van der Waals surface area (Å²) in [5.41, 5.74) is 3.82. The largest absolute Gasteiger partial charge is 0.492 e. The van der Waals surface area contributed by atoms with Gasteiger partial charge >= 0.3 is 0 Å². The van der Waals surface area contributed by atoms with Crippen LogP contribution in [0, 0.1) is 0 Å². The van der Waals surface area contributed by atoms with E-state index >= 15 is 0 Å². The molecule has 0 radical (unpaired) electrons. The summed E-state index contributed by atoms with van der Waals surface area (Å²) in [6.07, 6.45) is 0.935. The van der Waals surface area contributed by atoms with Crippen LogP contribution in [-0.2, 0) is 6.42 Å². The molecular formula is C12H20ClN3O. The number of hydrogen-bond acceptors (Lipinski definition) is 4. The summed E-state index contributed by atoms with van der Waals surface area (Å²) in [6, 6.07) is 5.92. The number of nitrogens with zero attached hydrogens (tertiary/aromatic N) is 1. The molecule has 1 rings (SSSR count). The van der Waals surface area contributed by atoms with E-state index in [0.29, 0.717) is 18.3 Å². The van der Waals surface area contributed by atoms with Crippen molar-refractivity contribution < 1.29 is 4.74 Å². The molecule has 5 heteroatoms. The maximum absolute atomic E-state index is 6.11. The Morgan fingerprint density at radius 2 is 2.24 bits per heavy atom. The zero-order chi connectivity index (χ0) is 12.7. The summed E-state index contributed by atoms with van der Waals surface area (Å²) in [4.78, 5) is 2.10. The zero-order valence-electron chi connectivity index (χ0n) is 10.4. The lowest BCUT2D eigenvalue weighted by atomic mass is 10.1. The minimum absolute atomic E-state index is 0.629. The molecule has 0 bridgehead atoms. The molecule has 0 aliphatic heterocycles. The van der Waals surface area contributed by atoms with Crippen LogP contribution < -0.4 is 16.0 Å². The van der Waals surface area contributed by atoms with E-state index in [1.165, 1.54) is 5.56 Å². The highest BCUT2D eigenvalue weighted by Crippen LogP contribution is 2.25. The molecule has 0 aliphatic rings. The second-order valence-electron chi connectivity index (χ2n) is 3.89. The van der Waals surface area contributed by atoms with Crippen LogP contribution in [0.25, 0.3) is 0 Å². The molecule has 0 saturated carbocycles. The van der Waals surface area contributed by atoms with Crippen molar-refractivity contribution in [3.8, 4) is 5.75 Å². The van der Waals surface area contributed by atoms with Crippen molar-refractivity contribution in [3.05, 3.63) is 28.8 Å². The molecule has 0 saturated heterocycles. The van der Waals surface area contributed by atoms with Gasteiger partial charge in [0.25, 0.3) is 0 Å². The third kappa shape index (κ3) is 4.91. The molecule has 0 fully saturated rings. The van der Waals surface area contributed by atoms with Gasteiger partial charge in [0.15, 0.2) is 0 Å². The van der Waals surface area contributed by atoms with Crippen LogP contribution in [0.2, 0.25) is 5.02 Å². The number of hydrogen-bond donors (Lipinski definition) is 2. The van der Waals surface area contributed by atoms with Crippen LogP contribution in [0.5, 0.6) is 5.75 Å². The minimum Gasteiger partial charge on any atom is -0.492 e. The predicted octanol–water partition coefficient (Wildman–Crippen LogP) is 1.63. The molecule has 4 nitrogen and oxygen atoms in total. The van der Waals surface area contributed by atoms with Gasteiger partial charge in [0.05, 0.1) is 18.3 Å². The fourth-order valence-electron chi connectivity index (χ4n) is 1.53. The smallest absolute Gasteiger partial charge is 0.137 e. The summed E-state index contributed by atoms with van der Waals surface area (Å²) >= 11 is 6.11. The van der Waals surface area contributed by atoms with Crippen LogP contribution in [0.15, 0.2) is 18.2 Å². The second kappa shape index (κ2) is 7.50. The van der Waals surface area contributed by atoms with Crippen LogP contribution in [0.4, 0.5) is 0 Å². The van der Waals surface area contributed by atoms with Crippen LogP contribution in [0.1, 0.15) is 12.5 Å². The molecule has 1 aromatic rings. The van der Waals surface area contributed by atoms with E-state index in [1.54, 1.807) is 0 Å². The molecule has 0 atom stereocenters. The fourth-order valence-corrected chi connectivity index (χ4v) is 1.78. The van der Waals surface area contributed by atoms with Gasteiger partial charge in [-0.15, -0.1) is 0 Å². The third-order valence-corrected chi connectivity index (χ3v) is 2.73. The van der Waals surface area contributed by atoms with Crippen LogP contribution in [0.3, 0.4) is 0 Å². The van der Waals surface area contributed by atoms with E-state index in [-0.39, 0.29) is 0 Å². The molecule has 0 unspecified atom stereocenters. The van der Waals surface area contributed by atoms with Gasteiger partial charge in [-0.3, -0.25) is 10.7 Å². The number of halogens is 1. The average molecular weight is 258 g/mol. The van der Waals surface area contributed by atoms with Gasteiger partial charge in [0.2, 0.25) is 0 Å². The zero-order valence-corrected chi connectivity index (χ0v) is 11.1. The Hall–Kier alpha value is -0.810. The molecule has 0 aliphatic carbocycles. The highest BCUT2D eigenvalue weighted by atomic mass is 35.5. The Kier molecular flexibility index (Phi) is 6.29. The lowest BCUT2D eigenvalue weighted by Gasteiger charge is -2.15. The first-order chi connectivity index (χ1) is 8.17. The SMILES string of the molecule is CCOc1ccc(CCN(C)CNN)cc1Cl. The molecular weight excluding hydrogens is 238 g/mol. The number of nitrogens with one attached hydrogen (secondary N) is 1. The molecule has 0 aromatic heterocycles. The normalized spacial score (nSPS) is 10.9. The van der Waals surface area contributed by atoms with E-state index < -0.39 is 0 Å². The number of nitrogens with two attached hydrogens (primary N) is 1. The van der Waals surface area contributed by atoms with Crippen molar-refractivity contribution in [1.29, 1.82) is 0 Å². The van der Waals surface area contributed by atoms with Crippen LogP contribution in [-0.4, -0.2) is 31.8 Å². The fraction of sp³-hybridized carbons (Fsp3) is 0.500. The summed E-state index contributed by atoms with van der Waals surface area (Å²) < 4.78 is 5.39. The van der Waals surface area contributed by atoms with Crippen molar-refractivity contribution >= 4 is 11.6 Å². The van der Waals surface area contributed by atoms with E-state index in [9.17, 15) is 0 Å². The summed E-state index contributed by atoms with van der Waals surface area (Å²) in [5.74, 6) is 5.99. The first-order valence-electron chi connectivity index (χ1n) is 5.70. The Labute approximate surface area is 108 Å². The van der Waals surface area contributed by atoms with Crippen molar-refractivity contribution in [2.24, 2.45) is 5.84 Å². The number of ether oxygens (including phenoxy) is 1. The Bertz CT molecular complexity index is 347. The first kappa shape index (κ1) is 14.3. The molecule has 0 amide bonds. The summed E-state index contributed by atoms with van der Waals surface area (Å²) in [6.45, 7) is 4.17. The van der Waals surface area contributed by atoms with Gasteiger partial charge < -0.3 is 4.74 Å². The topological polar surface area (TPSA) is 50.5 Å². The molecule has 96 valence electrons. The standard InChI is InChI=1S/C12H20ClN3O/c1-3-17-12-5-4-10(8-11(12)13)6-7-16(2)9-15-14/h4-5,8,15H,3,6-7,9,14H2,1-2H3. The maximum atomic E-state index is 6.11. The van der Waals surface area contributed by atoms with E-state index in [0.717, 1.165) is 18.7 Å². The van der Waals surface area contributed by atoms with Gasteiger partial charge in [-0.25, -0.2) is 5.43 Å². The Morgan fingerprint density at radius 1 is 1.47 bits per heavy atom. The first-order valence-corrected chi connectivity index (χ1v) is 6.08. The van der Waals surface area contributed by atoms with Gasteiger partial charge in [0, 0.05) is 6.54 Å².